The summed E-state index contributed by atoms with van der Waals surface area (Å²) < 4.78 is 34.0. The second kappa shape index (κ2) is 8.85. The highest BCUT2D eigenvalue weighted by Crippen LogP contribution is 2.28. The van der Waals surface area contributed by atoms with E-state index in [0.717, 1.165) is 24.6 Å². The van der Waals surface area contributed by atoms with E-state index in [1.165, 1.54) is 6.33 Å². The van der Waals surface area contributed by atoms with Crippen LogP contribution in [-0.4, -0.2) is 31.6 Å². The van der Waals surface area contributed by atoms with Crippen LogP contribution in [0.5, 0.6) is 0 Å². The molecule has 0 radical (unpaired) electrons. The Morgan fingerprint density at radius 1 is 1.09 bits per heavy atom. The number of amides is 1. The van der Waals surface area contributed by atoms with Crippen LogP contribution >= 0.6 is 0 Å². The van der Waals surface area contributed by atoms with Gasteiger partial charge in [-0.2, -0.15) is 5.10 Å². The first-order valence-electron chi connectivity index (χ1n) is 10.1. The highest BCUT2D eigenvalue weighted by molar-refractivity contribution is 5.96. The maximum atomic E-state index is 13.7. The molecule has 2 heterocycles. The van der Waals surface area contributed by atoms with Gasteiger partial charge in [-0.1, -0.05) is 0 Å². The number of nitrogens with zero attached hydrogens (tertiary/aromatic N) is 4. The largest absolute Gasteiger partial charge is 0.447 e. The van der Waals surface area contributed by atoms with Gasteiger partial charge in [0.05, 0.1) is 11.4 Å². The van der Waals surface area contributed by atoms with Gasteiger partial charge in [0.25, 0.3) is 5.91 Å². The quantitative estimate of drug-likeness (QED) is 0.431. The predicted octanol–water partition coefficient (Wildman–Crippen LogP) is 3.54. The molecule has 2 aromatic carbocycles. The Kier molecular flexibility index (Phi) is 5.93. The fraction of sp³-hybridized carbons (Fsp3) is 0.174. The molecule has 3 N–H and O–H groups in total. The summed E-state index contributed by atoms with van der Waals surface area (Å²) in [5.41, 5.74) is 9.54. The molecule has 0 fully saturated rings. The number of aryl methyl sites for hydroxylation is 2. The molecule has 174 valence electrons. The first-order valence-corrected chi connectivity index (χ1v) is 10.1. The van der Waals surface area contributed by atoms with Crippen molar-refractivity contribution in [2.45, 2.75) is 26.9 Å². The number of nitrogens with one attached hydrogen (secondary N) is 1. The molecule has 0 aliphatic rings. The van der Waals surface area contributed by atoms with Gasteiger partial charge in [0.1, 0.15) is 29.0 Å². The molecular formula is C23H20F2N6O3. The zero-order valence-electron chi connectivity index (χ0n) is 18.5. The summed E-state index contributed by atoms with van der Waals surface area (Å²) in [6, 6.07) is 7.52. The summed E-state index contributed by atoms with van der Waals surface area (Å²) >= 11 is 0. The predicted molar refractivity (Wildman–Crippen MR) is 120 cm³/mol. The van der Waals surface area contributed by atoms with Crippen LogP contribution < -0.4 is 11.1 Å². The van der Waals surface area contributed by atoms with E-state index in [0.29, 0.717) is 34.2 Å². The van der Waals surface area contributed by atoms with Gasteiger partial charge in [-0.15, -0.1) is 0 Å². The number of hydrogen-bond acceptors (Lipinski definition) is 7. The second-order valence-electron chi connectivity index (χ2n) is 7.64. The minimum atomic E-state index is -1.54. The van der Waals surface area contributed by atoms with E-state index >= 15 is 0 Å². The number of anilines is 2. The van der Waals surface area contributed by atoms with Crippen LogP contribution in [0.2, 0.25) is 0 Å². The summed E-state index contributed by atoms with van der Waals surface area (Å²) in [4.78, 5) is 32.7. The number of rotatable bonds is 5. The van der Waals surface area contributed by atoms with Crippen LogP contribution in [0.3, 0.4) is 0 Å². The molecule has 11 heteroatoms. The van der Waals surface area contributed by atoms with Crippen molar-refractivity contribution >= 4 is 34.4 Å². The lowest BCUT2D eigenvalue weighted by molar-refractivity contribution is -0.152. The SMILES string of the molecule is CC(=O)O[C@@H](C(=O)Nc1ccc(-n2nc(C)c3ncnc(N)c32)c(C)c1)c1cc(F)cc(F)c1. The highest BCUT2D eigenvalue weighted by atomic mass is 19.1. The summed E-state index contributed by atoms with van der Waals surface area (Å²) in [6.07, 6.45) is -0.177. The van der Waals surface area contributed by atoms with Crippen LogP contribution in [0, 0.1) is 25.5 Å². The lowest BCUT2D eigenvalue weighted by Crippen LogP contribution is -2.25. The standard InChI is InChI=1S/C23H20F2N6O3/c1-11-6-17(4-5-18(11)31-20-19(12(2)30-31)27-10-28-22(20)26)29-23(33)21(34-13(3)32)14-7-15(24)9-16(25)8-14/h4-10,21H,1-3H3,(H,29,33)(H2,26,27,28)/t21-/m1/s1. The second-order valence-corrected chi connectivity index (χ2v) is 7.64. The fourth-order valence-electron chi connectivity index (χ4n) is 3.63. The number of benzene rings is 2. The third-order valence-electron chi connectivity index (χ3n) is 5.06. The Labute approximate surface area is 192 Å². The molecule has 0 saturated heterocycles. The monoisotopic (exact) mass is 466 g/mol. The molecule has 4 rings (SSSR count). The van der Waals surface area contributed by atoms with E-state index in [-0.39, 0.29) is 11.4 Å². The Morgan fingerprint density at radius 3 is 2.44 bits per heavy atom. The Morgan fingerprint density at radius 2 is 1.79 bits per heavy atom. The molecule has 0 unspecified atom stereocenters. The maximum absolute atomic E-state index is 13.7. The van der Waals surface area contributed by atoms with E-state index in [4.69, 9.17) is 10.5 Å². The number of esters is 1. The number of nitrogen functional groups attached to an aromatic ring is 1. The van der Waals surface area contributed by atoms with Crippen LogP contribution in [0.1, 0.15) is 29.8 Å². The first kappa shape index (κ1) is 22.8. The van der Waals surface area contributed by atoms with Crippen molar-refractivity contribution in [2.75, 3.05) is 11.1 Å². The molecule has 9 nitrogen and oxygen atoms in total. The smallest absolute Gasteiger partial charge is 0.303 e. The summed E-state index contributed by atoms with van der Waals surface area (Å²) in [5, 5.41) is 7.13. The van der Waals surface area contributed by atoms with Gasteiger partial charge >= 0.3 is 5.97 Å². The third kappa shape index (κ3) is 4.40. The van der Waals surface area contributed by atoms with Crippen molar-refractivity contribution in [1.82, 2.24) is 19.7 Å². The molecule has 1 atom stereocenters. The van der Waals surface area contributed by atoms with Gasteiger partial charge in [0.15, 0.2) is 5.82 Å². The van der Waals surface area contributed by atoms with Crippen molar-refractivity contribution in [3.63, 3.8) is 0 Å². The van der Waals surface area contributed by atoms with Crippen LogP contribution in [0.4, 0.5) is 20.3 Å². The Hall–Kier alpha value is -4.41. The number of halogens is 2. The minimum Gasteiger partial charge on any atom is -0.447 e. The average Bonchev–Trinajstić information content (AvgIpc) is 3.09. The van der Waals surface area contributed by atoms with Crippen LogP contribution in [0.25, 0.3) is 16.7 Å². The van der Waals surface area contributed by atoms with Crippen molar-refractivity contribution in [2.24, 2.45) is 0 Å². The normalized spacial score (nSPS) is 11.9. The molecule has 0 saturated carbocycles. The van der Waals surface area contributed by atoms with E-state index in [9.17, 15) is 18.4 Å². The topological polar surface area (TPSA) is 125 Å². The molecule has 0 aliphatic carbocycles. The van der Waals surface area contributed by atoms with Crippen molar-refractivity contribution in [1.29, 1.82) is 0 Å². The third-order valence-corrected chi connectivity index (χ3v) is 5.06. The zero-order chi connectivity index (χ0) is 24.6. The lowest BCUT2D eigenvalue weighted by Gasteiger charge is -2.18. The van der Waals surface area contributed by atoms with Gasteiger partial charge in [0, 0.05) is 24.2 Å². The first-order chi connectivity index (χ1) is 16.1. The van der Waals surface area contributed by atoms with Crippen molar-refractivity contribution < 1.29 is 23.1 Å². The van der Waals surface area contributed by atoms with E-state index in [1.54, 1.807) is 36.7 Å². The van der Waals surface area contributed by atoms with E-state index in [2.05, 4.69) is 20.4 Å². The lowest BCUT2D eigenvalue weighted by atomic mass is 10.1. The minimum absolute atomic E-state index is 0.132. The molecule has 0 aliphatic heterocycles. The van der Waals surface area contributed by atoms with Crippen LogP contribution in [-0.2, 0) is 14.3 Å². The molecule has 2 aromatic heterocycles. The van der Waals surface area contributed by atoms with Gasteiger partial charge in [-0.25, -0.2) is 23.4 Å². The van der Waals surface area contributed by atoms with Gasteiger partial charge in [-0.3, -0.25) is 9.59 Å². The molecule has 34 heavy (non-hydrogen) atoms. The van der Waals surface area contributed by atoms with Gasteiger partial charge in [0.2, 0.25) is 6.10 Å². The number of carbonyl (C=O) groups is 2. The molecule has 0 spiro atoms. The van der Waals surface area contributed by atoms with E-state index in [1.807, 2.05) is 0 Å². The Balaban J connectivity index is 1.65. The molecule has 4 aromatic rings. The number of ether oxygens (including phenoxy) is 1. The van der Waals surface area contributed by atoms with E-state index < -0.39 is 29.6 Å². The van der Waals surface area contributed by atoms with Gasteiger partial charge < -0.3 is 15.8 Å². The molecule has 1 amide bonds. The van der Waals surface area contributed by atoms with Crippen LogP contribution in [0.15, 0.2) is 42.7 Å². The molecular weight excluding hydrogens is 446 g/mol. The van der Waals surface area contributed by atoms with Crippen molar-refractivity contribution in [3.05, 3.63) is 71.2 Å². The Bertz CT molecular complexity index is 1420. The number of carbonyl (C=O) groups excluding carboxylic acids is 2. The maximum Gasteiger partial charge on any atom is 0.303 e. The number of fused-ring (bicyclic) bond motifs is 1. The number of aromatic nitrogens is 4. The summed E-state index contributed by atoms with van der Waals surface area (Å²) in [7, 11) is 0. The number of hydrogen-bond donors (Lipinski definition) is 2. The fourth-order valence-corrected chi connectivity index (χ4v) is 3.63. The van der Waals surface area contributed by atoms with Crippen molar-refractivity contribution in [3.8, 4) is 5.69 Å². The average molecular weight is 466 g/mol. The van der Waals surface area contributed by atoms with Gasteiger partial charge in [-0.05, 0) is 49.7 Å². The summed E-state index contributed by atoms with van der Waals surface area (Å²) in [6.45, 7) is 4.71. The summed E-state index contributed by atoms with van der Waals surface area (Å²) in [5.74, 6) is -3.08. The molecule has 0 bridgehead atoms. The number of nitrogens with two attached hydrogens (primary N) is 1. The zero-order valence-corrected chi connectivity index (χ0v) is 18.5. The highest BCUT2D eigenvalue weighted by Gasteiger charge is 2.26.